The van der Waals surface area contributed by atoms with Crippen molar-refractivity contribution in [3.8, 4) is 28.3 Å². The third kappa shape index (κ3) is 5.83. The number of aromatic nitrogens is 2. The lowest BCUT2D eigenvalue weighted by molar-refractivity contribution is -0.123. The van der Waals surface area contributed by atoms with Crippen LogP contribution in [0.4, 0.5) is 5.69 Å². The standard InChI is InChI=1S/C33H29N3O4/c1-20-5-9-23(10-6-20)30-31(24-11-7-21(2)8-12-24)36-29-19-25(13-18-28(29)35-30)33(38)40-22(3)32(37)34-26-14-16-27(39-4)17-15-26/h5-19,22H,1-4H3,(H,34,37). The molecule has 1 heterocycles. The molecule has 1 unspecified atom stereocenters. The van der Waals surface area contributed by atoms with E-state index in [1.165, 1.54) is 6.92 Å². The van der Waals surface area contributed by atoms with Gasteiger partial charge in [-0.3, -0.25) is 4.79 Å². The fourth-order valence-electron chi connectivity index (χ4n) is 4.21. The van der Waals surface area contributed by atoms with Crippen LogP contribution < -0.4 is 10.1 Å². The van der Waals surface area contributed by atoms with Gasteiger partial charge in [-0.05, 0) is 63.2 Å². The van der Waals surface area contributed by atoms with Crippen LogP contribution in [-0.4, -0.2) is 35.1 Å². The number of nitrogens with zero attached hydrogens (tertiary/aromatic N) is 2. The first kappa shape index (κ1) is 26.6. The summed E-state index contributed by atoms with van der Waals surface area (Å²) in [6.07, 6.45) is -1.01. The Morgan fingerprint density at radius 3 is 1.82 bits per heavy atom. The second-order valence-corrected chi connectivity index (χ2v) is 9.62. The summed E-state index contributed by atoms with van der Waals surface area (Å²) >= 11 is 0. The first-order valence-electron chi connectivity index (χ1n) is 12.9. The minimum absolute atomic E-state index is 0.281. The largest absolute Gasteiger partial charge is 0.497 e. The Labute approximate surface area is 232 Å². The number of methoxy groups -OCH3 is 1. The Morgan fingerprint density at radius 1 is 0.725 bits per heavy atom. The first-order chi connectivity index (χ1) is 19.3. The highest BCUT2D eigenvalue weighted by molar-refractivity contribution is 5.99. The van der Waals surface area contributed by atoms with Crippen LogP contribution in [0.2, 0.25) is 0 Å². The number of hydrogen-bond acceptors (Lipinski definition) is 6. The molecule has 0 spiro atoms. The number of carbonyl (C=O) groups excluding carboxylic acids is 2. The molecule has 0 saturated carbocycles. The molecule has 200 valence electrons. The maximum Gasteiger partial charge on any atom is 0.338 e. The fourth-order valence-corrected chi connectivity index (χ4v) is 4.21. The molecule has 1 N–H and O–H groups in total. The van der Waals surface area contributed by atoms with Gasteiger partial charge in [0.15, 0.2) is 6.10 Å². The predicted octanol–water partition coefficient (Wildman–Crippen LogP) is 6.77. The summed E-state index contributed by atoms with van der Waals surface area (Å²) in [5, 5.41) is 2.74. The van der Waals surface area contributed by atoms with E-state index in [-0.39, 0.29) is 5.56 Å². The molecule has 0 fully saturated rings. The normalized spacial score (nSPS) is 11.6. The quantitative estimate of drug-likeness (QED) is 0.233. The number of rotatable bonds is 7. The van der Waals surface area contributed by atoms with E-state index >= 15 is 0 Å². The van der Waals surface area contributed by atoms with Crippen molar-refractivity contribution in [2.75, 3.05) is 12.4 Å². The Hall–Kier alpha value is -5.04. The second kappa shape index (κ2) is 11.4. The topological polar surface area (TPSA) is 90.4 Å². The lowest BCUT2D eigenvalue weighted by Gasteiger charge is -2.14. The highest BCUT2D eigenvalue weighted by atomic mass is 16.5. The number of fused-ring (bicyclic) bond motifs is 1. The maximum atomic E-state index is 13.0. The summed E-state index contributed by atoms with van der Waals surface area (Å²) in [4.78, 5) is 35.5. The van der Waals surface area contributed by atoms with Gasteiger partial charge in [0, 0.05) is 16.8 Å². The summed E-state index contributed by atoms with van der Waals surface area (Å²) in [6.45, 7) is 5.61. The van der Waals surface area contributed by atoms with Crippen LogP contribution in [0.25, 0.3) is 33.5 Å². The molecule has 0 bridgehead atoms. The van der Waals surface area contributed by atoms with E-state index in [2.05, 4.69) is 5.32 Å². The Morgan fingerprint density at radius 2 is 1.27 bits per heavy atom. The van der Waals surface area contributed by atoms with Crippen molar-refractivity contribution in [2.45, 2.75) is 26.9 Å². The molecule has 0 aliphatic carbocycles. The van der Waals surface area contributed by atoms with Crippen molar-refractivity contribution in [1.29, 1.82) is 0 Å². The molecule has 0 aliphatic heterocycles. The van der Waals surface area contributed by atoms with Crippen LogP contribution >= 0.6 is 0 Å². The predicted molar refractivity (Wildman–Crippen MR) is 156 cm³/mol. The van der Waals surface area contributed by atoms with Crippen LogP contribution in [0.15, 0.2) is 91.0 Å². The monoisotopic (exact) mass is 531 g/mol. The van der Waals surface area contributed by atoms with Crippen molar-refractivity contribution in [3.05, 3.63) is 108 Å². The summed E-state index contributed by atoms with van der Waals surface area (Å²) < 4.78 is 10.6. The maximum absolute atomic E-state index is 13.0. The van der Waals surface area contributed by atoms with Gasteiger partial charge in [0.25, 0.3) is 5.91 Å². The number of carbonyl (C=O) groups is 2. The molecule has 0 radical (unpaired) electrons. The molecule has 1 atom stereocenters. The molecule has 1 amide bonds. The van der Waals surface area contributed by atoms with E-state index in [1.54, 1.807) is 49.6 Å². The van der Waals surface area contributed by atoms with Crippen molar-refractivity contribution < 1.29 is 19.1 Å². The molecule has 7 nitrogen and oxygen atoms in total. The SMILES string of the molecule is COc1ccc(NC(=O)C(C)OC(=O)c2ccc3nc(-c4ccc(C)cc4)c(-c4ccc(C)cc4)nc3c2)cc1. The summed E-state index contributed by atoms with van der Waals surface area (Å²) in [5.41, 5.74) is 7.71. The molecular formula is C33H29N3O4. The number of hydrogen-bond donors (Lipinski definition) is 1. The molecule has 5 aromatic rings. The highest BCUT2D eigenvalue weighted by Gasteiger charge is 2.20. The van der Waals surface area contributed by atoms with Gasteiger partial charge in [0.2, 0.25) is 0 Å². The zero-order chi connectivity index (χ0) is 28.2. The van der Waals surface area contributed by atoms with E-state index in [0.29, 0.717) is 28.2 Å². The van der Waals surface area contributed by atoms with Gasteiger partial charge in [-0.2, -0.15) is 0 Å². The number of aryl methyl sites for hydroxylation is 2. The van der Waals surface area contributed by atoms with Crippen LogP contribution in [0, 0.1) is 13.8 Å². The summed E-state index contributed by atoms with van der Waals surface area (Å²) in [5.74, 6) is -0.391. The van der Waals surface area contributed by atoms with Crippen molar-refractivity contribution in [2.24, 2.45) is 0 Å². The lowest BCUT2D eigenvalue weighted by Crippen LogP contribution is -2.30. The van der Waals surface area contributed by atoms with E-state index in [9.17, 15) is 9.59 Å². The summed E-state index contributed by atoms with van der Waals surface area (Å²) in [6, 6.07) is 28.2. The number of nitrogens with one attached hydrogen (secondary N) is 1. The number of benzene rings is 4. The molecule has 4 aromatic carbocycles. The van der Waals surface area contributed by atoms with Gasteiger partial charge in [0.1, 0.15) is 5.75 Å². The van der Waals surface area contributed by atoms with Gasteiger partial charge >= 0.3 is 5.97 Å². The lowest BCUT2D eigenvalue weighted by atomic mass is 10.0. The first-order valence-corrected chi connectivity index (χ1v) is 12.9. The highest BCUT2D eigenvalue weighted by Crippen LogP contribution is 2.31. The average molecular weight is 532 g/mol. The number of esters is 1. The third-order valence-corrected chi connectivity index (χ3v) is 6.56. The molecule has 5 rings (SSSR count). The van der Waals surface area contributed by atoms with E-state index in [1.807, 2.05) is 62.4 Å². The van der Waals surface area contributed by atoms with E-state index in [4.69, 9.17) is 19.4 Å². The molecular weight excluding hydrogens is 502 g/mol. The van der Waals surface area contributed by atoms with Crippen molar-refractivity contribution in [1.82, 2.24) is 9.97 Å². The van der Waals surface area contributed by atoms with Gasteiger partial charge in [-0.1, -0.05) is 59.7 Å². The van der Waals surface area contributed by atoms with Crippen LogP contribution in [0.3, 0.4) is 0 Å². The number of amides is 1. The average Bonchev–Trinajstić information content (AvgIpc) is 2.97. The van der Waals surface area contributed by atoms with Crippen LogP contribution in [-0.2, 0) is 9.53 Å². The smallest absolute Gasteiger partial charge is 0.338 e. The molecule has 0 saturated heterocycles. The molecule has 0 aliphatic rings. The third-order valence-electron chi connectivity index (χ3n) is 6.56. The number of ether oxygens (including phenoxy) is 2. The Balaban J connectivity index is 1.42. The van der Waals surface area contributed by atoms with Gasteiger partial charge in [0.05, 0.1) is 35.1 Å². The Bertz CT molecular complexity index is 1680. The van der Waals surface area contributed by atoms with Crippen LogP contribution in [0.1, 0.15) is 28.4 Å². The van der Waals surface area contributed by atoms with Gasteiger partial charge in [-0.15, -0.1) is 0 Å². The summed E-state index contributed by atoms with van der Waals surface area (Å²) in [7, 11) is 1.57. The Kier molecular flexibility index (Phi) is 7.55. The second-order valence-electron chi connectivity index (χ2n) is 9.62. The van der Waals surface area contributed by atoms with E-state index in [0.717, 1.165) is 27.9 Å². The zero-order valence-electron chi connectivity index (χ0n) is 22.8. The van der Waals surface area contributed by atoms with Gasteiger partial charge in [-0.25, -0.2) is 14.8 Å². The van der Waals surface area contributed by atoms with E-state index < -0.39 is 18.0 Å². The van der Waals surface area contributed by atoms with Gasteiger partial charge < -0.3 is 14.8 Å². The minimum Gasteiger partial charge on any atom is -0.497 e. The van der Waals surface area contributed by atoms with Crippen molar-refractivity contribution in [3.63, 3.8) is 0 Å². The number of anilines is 1. The zero-order valence-corrected chi connectivity index (χ0v) is 22.8. The minimum atomic E-state index is -1.01. The van der Waals surface area contributed by atoms with Crippen molar-refractivity contribution >= 4 is 28.6 Å². The fraction of sp³-hybridized carbons (Fsp3) is 0.152. The van der Waals surface area contributed by atoms with Crippen LogP contribution in [0.5, 0.6) is 5.75 Å². The molecule has 7 heteroatoms. The molecule has 40 heavy (non-hydrogen) atoms. The molecule has 1 aromatic heterocycles.